The molecule has 1 heterocycles. The summed E-state index contributed by atoms with van der Waals surface area (Å²) >= 11 is 0. The van der Waals surface area contributed by atoms with Gasteiger partial charge in [-0.2, -0.15) is 0 Å². The van der Waals surface area contributed by atoms with Gasteiger partial charge in [-0.05, 0) is 0 Å². The third kappa shape index (κ3) is 2.97. The van der Waals surface area contributed by atoms with E-state index < -0.39 is 6.03 Å². The molecular formula is C12H17N3O3. The fourth-order valence-corrected chi connectivity index (χ4v) is 1.65. The number of carbonyl (C=O) groups excluding carboxylic acids is 3. The molecule has 18 heavy (non-hydrogen) atoms. The minimum atomic E-state index is -0.439. The number of hydrogen-bond donors (Lipinski definition) is 0. The second-order valence-corrected chi connectivity index (χ2v) is 3.99. The lowest BCUT2D eigenvalue weighted by Gasteiger charge is -2.22. The first kappa shape index (κ1) is 14.0. The van der Waals surface area contributed by atoms with Crippen molar-refractivity contribution in [3.8, 4) is 0 Å². The monoisotopic (exact) mass is 251 g/mol. The first-order valence-corrected chi connectivity index (χ1v) is 5.56. The van der Waals surface area contributed by atoms with E-state index in [1.807, 2.05) is 0 Å². The van der Waals surface area contributed by atoms with Crippen molar-refractivity contribution in [1.29, 1.82) is 0 Å². The zero-order valence-electron chi connectivity index (χ0n) is 10.5. The standard InChI is InChI=1S/C12H17N3O3/c1-4-6-14(7-5-2)10(16)9-15-11(17)8-13(3)12(15)18/h4-5H,1-2,6-9H2,3H3. The highest BCUT2D eigenvalue weighted by Crippen LogP contribution is 2.08. The van der Waals surface area contributed by atoms with Crippen LogP contribution in [0.25, 0.3) is 0 Å². The van der Waals surface area contributed by atoms with Crippen LogP contribution in [0.2, 0.25) is 0 Å². The molecule has 4 amide bonds. The van der Waals surface area contributed by atoms with Gasteiger partial charge in [0.2, 0.25) is 5.91 Å². The van der Waals surface area contributed by atoms with E-state index in [0.717, 1.165) is 4.90 Å². The van der Waals surface area contributed by atoms with Crippen LogP contribution in [-0.2, 0) is 9.59 Å². The molecule has 0 unspecified atom stereocenters. The third-order valence-electron chi connectivity index (χ3n) is 2.58. The molecule has 6 nitrogen and oxygen atoms in total. The van der Waals surface area contributed by atoms with Crippen LogP contribution in [0.3, 0.4) is 0 Å². The lowest BCUT2D eigenvalue weighted by atomic mass is 10.4. The van der Waals surface area contributed by atoms with Crippen LogP contribution in [0.1, 0.15) is 0 Å². The second-order valence-electron chi connectivity index (χ2n) is 3.99. The Balaban J connectivity index is 2.68. The number of amides is 4. The van der Waals surface area contributed by atoms with E-state index in [2.05, 4.69) is 13.2 Å². The molecule has 0 saturated carbocycles. The highest BCUT2D eigenvalue weighted by Gasteiger charge is 2.35. The van der Waals surface area contributed by atoms with Crippen molar-refractivity contribution in [2.24, 2.45) is 0 Å². The number of urea groups is 1. The number of carbonyl (C=O) groups is 3. The minimum Gasteiger partial charge on any atom is -0.334 e. The molecule has 0 aromatic rings. The van der Waals surface area contributed by atoms with Gasteiger partial charge in [0, 0.05) is 20.1 Å². The van der Waals surface area contributed by atoms with Gasteiger partial charge in [-0.3, -0.25) is 14.5 Å². The van der Waals surface area contributed by atoms with Crippen LogP contribution >= 0.6 is 0 Å². The Morgan fingerprint density at radius 2 is 1.89 bits per heavy atom. The molecule has 0 aromatic carbocycles. The number of nitrogens with zero attached hydrogens (tertiary/aromatic N) is 3. The van der Waals surface area contributed by atoms with Gasteiger partial charge in [-0.15, -0.1) is 13.2 Å². The smallest absolute Gasteiger partial charge is 0.327 e. The van der Waals surface area contributed by atoms with Gasteiger partial charge in [0.1, 0.15) is 13.1 Å². The molecular weight excluding hydrogens is 234 g/mol. The third-order valence-corrected chi connectivity index (χ3v) is 2.58. The van der Waals surface area contributed by atoms with Gasteiger partial charge >= 0.3 is 6.03 Å². The molecule has 0 N–H and O–H groups in total. The molecule has 1 rings (SSSR count). The van der Waals surface area contributed by atoms with Crippen molar-refractivity contribution in [3.05, 3.63) is 25.3 Å². The van der Waals surface area contributed by atoms with Crippen LogP contribution in [0, 0.1) is 0 Å². The maximum atomic E-state index is 11.9. The topological polar surface area (TPSA) is 60.9 Å². The largest absolute Gasteiger partial charge is 0.334 e. The minimum absolute atomic E-state index is 0.0228. The van der Waals surface area contributed by atoms with Gasteiger partial charge in [-0.1, -0.05) is 12.2 Å². The summed E-state index contributed by atoms with van der Waals surface area (Å²) in [6.45, 7) is 7.62. The molecule has 1 aliphatic rings. The van der Waals surface area contributed by atoms with Crippen molar-refractivity contribution in [3.63, 3.8) is 0 Å². The van der Waals surface area contributed by atoms with Crippen LogP contribution in [-0.4, -0.2) is 65.8 Å². The zero-order valence-corrected chi connectivity index (χ0v) is 10.5. The maximum absolute atomic E-state index is 11.9. The fourth-order valence-electron chi connectivity index (χ4n) is 1.65. The van der Waals surface area contributed by atoms with Crippen LogP contribution in [0.4, 0.5) is 4.79 Å². The van der Waals surface area contributed by atoms with Crippen molar-refractivity contribution in [2.45, 2.75) is 0 Å². The van der Waals surface area contributed by atoms with Gasteiger partial charge < -0.3 is 9.80 Å². The average Bonchev–Trinajstić information content (AvgIpc) is 2.55. The molecule has 98 valence electrons. The molecule has 1 saturated heterocycles. The molecule has 1 fully saturated rings. The molecule has 0 aromatic heterocycles. The van der Waals surface area contributed by atoms with Gasteiger partial charge in [-0.25, -0.2) is 4.79 Å². The first-order chi connectivity index (χ1) is 8.51. The van der Waals surface area contributed by atoms with E-state index in [9.17, 15) is 14.4 Å². The van der Waals surface area contributed by atoms with E-state index in [1.165, 1.54) is 16.8 Å². The molecule has 0 spiro atoms. The fraction of sp³-hybridized carbons (Fsp3) is 0.417. The average molecular weight is 251 g/mol. The summed E-state index contributed by atoms with van der Waals surface area (Å²) < 4.78 is 0. The van der Waals surface area contributed by atoms with Crippen molar-refractivity contribution < 1.29 is 14.4 Å². The zero-order chi connectivity index (χ0) is 13.7. The Labute approximate surface area is 106 Å². The Morgan fingerprint density at radius 1 is 1.33 bits per heavy atom. The number of hydrogen-bond acceptors (Lipinski definition) is 3. The summed E-state index contributed by atoms with van der Waals surface area (Å²) in [5.41, 5.74) is 0. The number of likely N-dealkylation sites (N-methyl/N-ethyl adjacent to an activating group) is 1. The Kier molecular flexibility index (Phi) is 4.65. The summed E-state index contributed by atoms with van der Waals surface area (Å²) in [6, 6.07) is -0.439. The Bertz CT molecular complexity index is 382. The quantitative estimate of drug-likeness (QED) is 0.496. The predicted octanol–water partition coefficient (Wildman–Crippen LogP) is 0.0810. The summed E-state index contributed by atoms with van der Waals surface area (Å²) in [5, 5.41) is 0. The van der Waals surface area contributed by atoms with Crippen molar-refractivity contribution >= 4 is 17.8 Å². The molecule has 0 atom stereocenters. The lowest BCUT2D eigenvalue weighted by Crippen LogP contribution is -2.43. The van der Waals surface area contributed by atoms with E-state index in [-0.39, 0.29) is 24.9 Å². The van der Waals surface area contributed by atoms with Gasteiger partial charge in [0.15, 0.2) is 0 Å². The summed E-state index contributed by atoms with van der Waals surface area (Å²) in [4.78, 5) is 38.8. The highest BCUT2D eigenvalue weighted by atomic mass is 16.2. The first-order valence-electron chi connectivity index (χ1n) is 5.56. The van der Waals surface area contributed by atoms with Crippen LogP contribution in [0.5, 0.6) is 0 Å². The van der Waals surface area contributed by atoms with Crippen LogP contribution in [0.15, 0.2) is 25.3 Å². The highest BCUT2D eigenvalue weighted by molar-refractivity contribution is 6.04. The Morgan fingerprint density at radius 3 is 2.28 bits per heavy atom. The van der Waals surface area contributed by atoms with Crippen molar-refractivity contribution in [2.75, 3.05) is 33.2 Å². The predicted molar refractivity (Wildman–Crippen MR) is 66.7 cm³/mol. The normalized spacial score (nSPS) is 14.9. The maximum Gasteiger partial charge on any atom is 0.327 e. The van der Waals surface area contributed by atoms with E-state index in [0.29, 0.717) is 13.1 Å². The number of rotatable bonds is 6. The number of imide groups is 1. The molecule has 0 bridgehead atoms. The van der Waals surface area contributed by atoms with Gasteiger partial charge in [0.25, 0.3) is 5.91 Å². The lowest BCUT2D eigenvalue weighted by molar-refractivity contribution is -0.135. The molecule has 6 heteroatoms. The van der Waals surface area contributed by atoms with E-state index in [1.54, 1.807) is 12.2 Å². The molecule has 0 radical (unpaired) electrons. The molecule has 1 aliphatic heterocycles. The van der Waals surface area contributed by atoms with Gasteiger partial charge in [0.05, 0.1) is 0 Å². The second kappa shape index (κ2) is 6.00. The summed E-state index contributed by atoms with van der Waals surface area (Å²) in [7, 11) is 1.52. The van der Waals surface area contributed by atoms with E-state index in [4.69, 9.17) is 0 Å². The van der Waals surface area contributed by atoms with Crippen LogP contribution < -0.4 is 0 Å². The summed E-state index contributed by atoms with van der Waals surface area (Å²) in [5.74, 6) is -0.653. The Hall–Kier alpha value is -2.11. The SMILES string of the molecule is C=CCN(CC=C)C(=O)CN1C(=O)CN(C)C1=O. The summed E-state index contributed by atoms with van der Waals surface area (Å²) in [6.07, 6.45) is 3.17. The molecule has 0 aliphatic carbocycles. The van der Waals surface area contributed by atoms with E-state index >= 15 is 0 Å². The van der Waals surface area contributed by atoms with Crippen molar-refractivity contribution in [1.82, 2.24) is 14.7 Å².